The van der Waals surface area contributed by atoms with E-state index in [1.54, 1.807) is 0 Å². The molecule has 1 fully saturated rings. The lowest BCUT2D eigenvalue weighted by molar-refractivity contribution is -0.146. The fourth-order valence-electron chi connectivity index (χ4n) is 2.26. The normalized spacial score (nSPS) is 25.2. The van der Waals surface area contributed by atoms with Crippen molar-refractivity contribution in [3.8, 4) is 0 Å². The van der Waals surface area contributed by atoms with Gasteiger partial charge in [-0.15, -0.1) is 0 Å². The van der Waals surface area contributed by atoms with Crippen molar-refractivity contribution in [1.29, 1.82) is 0 Å². The molecule has 104 valence electrons. The Bertz CT molecular complexity index is 296. The molecule has 0 aromatic rings. The van der Waals surface area contributed by atoms with Crippen molar-refractivity contribution in [2.75, 3.05) is 13.1 Å². The molecular weight excluding hydrogens is 236 g/mol. The van der Waals surface area contributed by atoms with Crippen LogP contribution in [-0.2, 0) is 4.79 Å². The van der Waals surface area contributed by atoms with Gasteiger partial charge in [-0.25, -0.2) is 9.59 Å². The Hall–Kier alpha value is -1.30. The largest absolute Gasteiger partial charge is 0.479 e. The fourth-order valence-corrected chi connectivity index (χ4v) is 2.26. The van der Waals surface area contributed by atoms with Crippen molar-refractivity contribution < 1.29 is 19.8 Å². The molecule has 0 aromatic carbocycles. The molecule has 0 saturated heterocycles. The van der Waals surface area contributed by atoms with E-state index in [9.17, 15) is 9.59 Å². The molecule has 0 aromatic heterocycles. The number of nitrogens with one attached hydrogen (secondary N) is 2. The number of hydrogen-bond donors (Lipinski definition) is 4. The summed E-state index contributed by atoms with van der Waals surface area (Å²) >= 11 is 0. The van der Waals surface area contributed by atoms with Crippen LogP contribution in [0.25, 0.3) is 0 Å². The maximum Gasteiger partial charge on any atom is 0.334 e. The highest BCUT2D eigenvalue weighted by molar-refractivity contribution is 5.76. The van der Waals surface area contributed by atoms with E-state index in [4.69, 9.17) is 10.2 Å². The van der Waals surface area contributed by atoms with E-state index in [0.29, 0.717) is 18.4 Å². The lowest BCUT2D eigenvalue weighted by atomic mass is 9.80. The maximum atomic E-state index is 11.4. The molecule has 2 amide bonds. The first kappa shape index (κ1) is 14.8. The molecule has 3 atom stereocenters. The van der Waals surface area contributed by atoms with Gasteiger partial charge in [-0.05, 0) is 18.3 Å². The predicted molar refractivity (Wildman–Crippen MR) is 66.2 cm³/mol. The number of aliphatic carboxylic acids is 1. The summed E-state index contributed by atoms with van der Waals surface area (Å²) < 4.78 is 0. The Morgan fingerprint density at radius 3 is 2.56 bits per heavy atom. The molecule has 0 spiro atoms. The summed E-state index contributed by atoms with van der Waals surface area (Å²) in [6.07, 6.45) is 3.24. The summed E-state index contributed by atoms with van der Waals surface area (Å²) in [7, 11) is 0. The number of aliphatic hydroxyl groups is 1. The van der Waals surface area contributed by atoms with E-state index in [0.717, 1.165) is 6.42 Å². The third-order valence-corrected chi connectivity index (χ3v) is 3.55. The SMILES string of the molecule is CC1CCCCC1CNC(=O)NCC(O)C(=O)O. The van der Waals surface area contributed by atoms with E-state index in [1.165, 1.54) is 19.3 Å². The zero-order valence-electron chi connectivity index (χ0n) is 10.7. The van der Waals surface area contributed by atoms with Gasteiger partial charge in [-0.1, -0.05) is 26.2 Å². The Balaban J connectivity index is 2.18. The van der Waals surface area contributed by atoms with Crippen molar-refractivity contribution in [3.05, 3.63) is 0 Å². The van der Waals surface area contributed by atoms with Crippen molar-refractivity contribution in [3.63, 3.8) is 0 Å². The molecule has 1 aliphatic carbocycles. The molecule has 0 heterocycles. The van der Waals surface area contributed by atoms with Crippen LogP contribution in [0.3, 0.4) is 0 Å². The average Bonchev–Trinajstić information content (AvgIpc) is 2.34. The predicted octanol–water partition coefficient (Wildman–Crippen LogP) is 0.557. The van der Waals surface area contributed by atoms with Gasteiger partial charge in [0, 0.05) is 6.54 Å². The topological polar surface area (TPSA) is 98.7 Å². The van der Waals surface area contributed by atoms with E-state index in [2.05, 4.69) is 17.6 Å². The zero-order chi connectivity index (χ0) is 13.5. The van der Waals surface area contributed by atoms with Gasteiger partial charge in [0.15, 0.2) is 6.10 Å². The monoisotopic (exact) mass is 258 g/mol. The molecule has 1 rings (SSSR count). The highest BCUT2D eigenvalue weighted by atomic mass is 16.4. The molecule has 0 radical (unpaired) electrons. The van der Waals surface area contributed by atoms with E-state index >= 15 is 0 Å². The minimum absolute atomic E-state index is 0.276. The van der Waals surface area contributed by atoms with Gasteiger partial charge >= 0.3 is 12.0 Å². The lowest BCUT2D eigenvalue weighted by Gasteiger charge is -2.28. The molecule has 6 nitrogen and oxygen atoms in total. The number of carboxylic acids is 1. The minimum Gasteiger partial charge on any atom is -0.479 e. The molecule has 0 aliphatic heterocycles. The van der Waals surface area contributed by atoms with Crippen LogP contribution < -0.4 is 10.6 Å². The third-order valence-electron chi connectivity index (χ3n) is 3.55. The van der Waals surface area contributed by atoms with Crippen molar-refractivity contribution in [2.45, 2.75) is 38.7 Å². The van der Waals surface area contributed by atoms with Gasteiger partial charge in [-0.3, -0.25) is 0 Å². The first-order valence-corrected chi connectivity index (χ1v) is 6.43. The molecule has 3 unspecified atom stereocenters. The fraction of sp³-hybridized carbons (Fsp3) is 0.833. The van der Waals surface area contributed by atoms with Crippen molar-refractivity contribution in [1.82, 2.24) is 10.6 Å². The summed E-state index contributed by atoms with van der Waals surface area (Å²) in [5, 5.41) is 22.5. The summed E-state index contributed by atoms with van der Waals surface area (Å²) in [6.45, 7) is 2.52. The number of aliphatic hydroxyl groups excluding tert-OH is 1. The highest BCUT2D eigenvalue weighted by Crippen LogP contribution is 2.28. The highest BCUT2D eigenvalue weighted by Gasteiger charge is 2.21. The van der Waals surface area contributed by atoms with Crippen LogP contribution in [0.1, 0.15) is 32.6 Å². The van der Waals surface area contributed by atoms with Crippen LogP contribution in [-0.4, -0.2) is 41.4 Å². The number of amides is 2. The average molecular weight is 258 g/mol. The Kier molecular flexibility index (Phi) is 5.91. The maximum absolute atomic E-state index is 11.4. The van der Waals surface area contributed by atoms with E-state index < -0.39 is 18.1 Å². The quantitative estimate of drug-likeness (QED) is 0.579. The van der Waals surface area contributed by atoms with Gasteiger partial charge in [0.05, 0.1) is 6.54 Å². The number of carbonyl (C=O) groups is 2. The molecule has 4 N–H and O–H groups in total. The molecular formula is C12H22N2O4. The van der Waals surface area contributed by atoms with Crippen LogP contribution in [0, 0.1) is 11.8 Å². The number of carbonyl (C=O) groups excluding carboxylic acids is 1. The van der Waals surface area contributed by atoms with Crippen LogP contribution in [0.2, 0.25) is 0 Å². The molecule has 6 heteroatoms. The van der Waals surface area contributed by atoms with Gasteiger partial charge in [-0.2, -0.15) is 0 Å². The number of carboxylic acid groups (broad SMARTS) is 1. The number of hydrogen-bond acceptors (Lipinski definition) is 3. The number of rotatable bonds is 5. The Labute approximate surface area is 107 Å². The molecule has 1 aliphatic rings. The molecule has 0 bridgehead atoms. The molecule has 1 saturated carbocycles. The lowest BCUT2D eigenvalue weighted by Crippen LogP contribution is -2.44. The smallest absolute Gasteiger partial charge is 0.334 e. The first-order valence-electron chi connectivity index (χ1n) is 6.43. The summed E-state index contributed by atoms with van der Waals surface area (Å²) in [5.41, 5.74) is 0. The second-order valence-electron chi connectivity index (χ2n) is 4.97. The molecule has 18 heavy (non-hydrogen) atoms. The Morgan fingerprint density at radius 1 is 1.28 bits per heavy atom. The summed E-state index contributed by atoms with van der Waals surface area (Å²) in [6, 6.07) is -0.423. The van der Waals surface area contributed by atoms with Gasteiger partial charge in [0.25, 0.3) is 0 Å². The van der Waals surface area contributed by atoms with Gasteiger partial charge < -0.3 is 20.8 Å². The van der Waals surface area contributed by atoms with Crippen molar-refractivity contribution in [2.24, 2.45) is 11.8 Å². The van der Waals surface area contributed by atoms with E-state index in [-0.39, 0.29) is 6.54 Å². The second-order valence-corrected chi connectivity index (χ2v) is 4.97. The first-order chi connectivity index (χ1) is 8.50. The zero-order valence-corrected chi connectivity index (χ0v) is 10.7. The summed E-state index contributed by atoms with van der Waals surface area (Å²) in [4.78, 5) is 21.7. The van der Waals surface area contributed by atoms with E-state index in [1.807, 2.05) is 0 Å². The van der Waals surface area contributed by atoms with Gasteiger partial charge in [0.2, 0.25) is 0 Å². The van der Waals surface area contributed by atoms with Crippen LogP contribution in [0.15, 0.2) is 0 Å². The van der Waals surface area contributed by atoms with Crippen LogP contribution in [0.5, 0.6) is 0 Å². The minimum atomic E-state index is -1.55. The van der Waals surface area contributed by atoms with Crippen LogP contribution in [0.4, 0.5) is 4.79 Å². The summed E-state index contributed by atoms with van der Waals surface area (Å²) in [5.74, 6) is -0.228. The standard InChI is InChI=1S/C12H22N2O4/c1-8-4-2-3-5-9(8)6-13-12(18)14-7-10(15)11(16)17/h8-10,15H,2-7H2,1H3,(H,16,17)(H2,13,14,18). The third kappa shape index (κ3) is 4.91. The van der Waals surface area contributed by atoms with Crippen molar-refractivity contribution >= 4 is 12.0 Å². The van der Waals surface area contributed by atoms with Gasteiger partial charge in [0.1, 0.15) is 0 Å². The second kappa shape index (κ2) is 7.20. The Morgan fingerprint density at radius 2 is 1.94 bits per heavy atom. The van der Waals surface area contributed by atoms with Crippen LogP contribution >= 0.6 is 0 Å². The number of urea groups is 1.